The molecule has 0 aliphatic carbocycles. The van der Waals surface area contributed by atoms with Gasteiger partial charge in [0.25, 0.3) is 5.91 Å². The number of hydrogen-bond acceptors (Lipinski definition) is 7. The Morgan fingerprint density at radius 3 is 2.36 bits per heavy atom. The summed E-state index contributed by atoms with van der Waals surface area (Å²) in [5, 5.41) is 6.26. The van der Waals surface area contributed by atoms with E-state index in [4.69, 9.17) is 10.5 Å². The first-order valence-corrected chi connectivity index (χ1v) is 12.7. The topological polar surface area (TPSA) is 117 Å². The average Bonchev–Trinajstić information content (AvgIpc) is 3.23. The molecule has 0 saturated carbocycles. The number of nitrogens with two attached hydrogens (primary N) is 1. The van der Waals surface area contributed by atoms with Gasteiger partial charge in [0.2, 0.25) is 5.91 Å². The van der Waals surface area contributed by atoms with Crippen molar-refractivity contribution >= 4 is 51.8 Å². The standard InChI is InChI=1S/C30H33N5O4/c1-5-39-30(38)21-11-13-23-25(17-21)33-29(37)27(23)28(20-9-7-6-8-10-20)32-22-12-14-26(24(31)18-22)35(19(2)36)16-15-34(3)4/h6-14,17-18,32H,5,15-16,31H2,1-4H3,(H,33,37)/b28-27+. The van der Waals surface area contributed by atoms with Gasteiger partial charge in [-0.05, 0) is 56.9 Å². The predicted molar refractivity (Wildman–Crippen MR) is 155 cm³/mol. The lowest BCUT2D eigenvalue weighted by Crippen LogP contribution is -2.35. The molecule has 3 aromatic rings. The zero-order valence-electron chi connectivity index (χ0n) is 22.6. The normalized spacial score (nSPS) is 13.5. The van der Waals surface area contributed by atoms with Gasteiger partial charge in [-0.3, -0.25) is 9.59 Å². The highest BCUT2D eigenvalue weighted by atomic mass is 16.5. The highest BCUT2D eigenvalue weighted by Crippen LogP contribution is 2.39. The van der Waals surface area contributed by atoms with Crippen LogP contribution < -0.4 is 21.3 Å². The fourth-order valence-electron chi connectivity index (χ4n) is 4.42. The lowest BCUT2D eigenvalue weighted by Gasteiger charge is -2.25. The third-order valence-corrected chi connectivity index (χ3v) is 6.33. The van der Waals surface area contributed by atoms with Crippen molar-refractivity contribution in [2.45, 2.75) is 13.8 Å². The Balaban J connectivity index is 1.74. The molecule has 9 heteroatoms. The molecule has 0 aromatic heterocycles. The molecule has 9 nitrogen and oxygen atoms in total. The smallest absolute Gasteiger partial charge is 0.338 e. The van der Waals surface area contributed by atoms with Crippen molar-refractivity contribution in [3.05, 3.63) is 83.4 Å². The van der Waals surface area contributed by atoms with Crippen LogP contribution in [0.5, 0.6) is 0 Å². The first-order chi connectivity index (χ1) is 18.7. The molecule has 3 aromatic carbocycles. The van der Waals surface area contributed by atoms with E-state index in [1.807, 2.05) is 55.4 Å². The van der Waals surface area contributed by atoms with E-state index in [1.165, 1.54) is 6.92 Å². The lowest BCUT2D eigenvalue weighted by atomic mass is 9.99. The number of carbonyl (C=O) groups excluding carboxylic acids is 3. The van der Waals surface area contributed by atoms with Crippen molar-refractivity contribution in [2.24, 2.45) is 0 Å². The van der Waals surface area contributed by atoms with Crippen LogP contribution in [-0.2, 0) is 14.3 Å². The van der Waals surface area contributed by atoms with E-state index < -0.39 is 5.97 Å². The Hall–Kier alpha value is -4.63. The van der Waals surface area contributed by atoms with Gasteiger partial charge in [0, 0.05) is 31.3 Å². The zero-order chi connectivity index (χ0) is 28.1. The van der Waals surface area contributed by atoms with Gasteiger partial charge in [-0.25, -0.2) is 4.79 Å². The van der Waals surface area contributed by atoms with Crippen LogP contribution in [0.2, 0.25) is 0 Å². The monoisotopic (exact) mass is 527 g/mol. The number of amides is 2. The molecule has 0 unspecified atom stereocenters. The predicted octanol–water partition coefficient (Wildman–Crippen LogP) is 4.29. The van der Waals surface area contributed by atoms with Crippen molar-refractivity contribution in [1.82, 2.24) is 4.90 Å². The summed E-state index contributed by atoms with van der Waals surface area (Å²) in [5.74, 6) is -0.847. The number of esters is 1. The van der Waals surface area contributed by atoms with Gasteiger partial charge in [-0.2, -0.15) is 0 Å². The fourth-order valence-corrected chi connectivity index (χ4v) is 4.42. The molecule has 0 bridgehead atoms. The van der Waals surface area contributed by atoms with Gasteiger partial charge in [-0.15, -0.1) is 0 Å². The van der Waals surface area contributed by atoms with Crippen molar-refractivity contribution in [2.75, 3.05) is 55.1 Å². The zero-order valence-corrected chi connectivity index (χ0v) is 22.6. The van der Waals surface area contributed by atoms with Crippen LogP contribution in [0.25, 0.3) is 11.3 Å². The first kappa shape index (κ1) is 27.4. The third kappa shape index (κ3) is 6.10. The van der Waals surface area contributed by atoms with E-state index >= 15 is 0 Å². The number of nitrogens with zero attached hydrogens (tertiary/aromatic N) is 2. The molecule has 39 heavy (non-hydrogen) atoms. The number of nitrogens with one attached hydrogen (secondary N) is 2. The summed E-state index contributed by atoms with van der Waals surface area (Å²) in [4.78, 5) is 41.5. The molecular formula is C30H33N5O4. The molecule has 4 rings (SSSR count). The van der Waals surface area contributed by atoms with Crippen LogP contribution in [0.15, 0.2) is 66.7 Å². The van der Waals surface area contributed by atoms with Crippen LogP contribution in [0.4, 0.5) is 22.7 Å². The highest BCUT2D eigenvalue weighted by molar-refractivity contribution is 6.37. The van der Waals surface area contributed by atoms with Crippen LogP contribution in [0.3, 0.4) is 0 Å². The van der Waals surface area contributed by atoms with Crippen LogP contribution in [-0.4, -0.2) is 56.5 Å². The van der Waals surface area contributed by atoms with E-state index in [-0.39, 0.29) is 18.4 Å². The van der Waals surface area contributed by atoms with E-state index in [0.717, 1.165) is 5.56 Å². The molecular weight excluding hydrogens is 494 g/mol. The molecule has 2 amide bonds. The summed E-state index contributed by atoms with van der Waals surface area (Å²) in [6, 6.07) is 19.9. The SMILES string of the molecule is CCOC(=O)c1ccc2c(c1)NC(=O)/C2=C(/Nc1ccc(N(CCN(C)C)C(C)=O)c(N)c1)c1ccccc1. The molecule has 0 saturated heterocycles. The number of nitrogen functional groups attached to an aromatic ring is 1. The number of ether oxygens (including phenoxy) is 1. The Labute approximate surface area is 228 Å². The maximum absolute atomic E-state index is 13.3. The molecule has 0 spiro atoms. The molecule has 1 aliphatic rings. The maximum atomic E-state index is 13.3. The van der Waals surface area contributed by atoms with E-state index in [0.29, 0.717) is 58.2 Å². The molecule has 4 N–H and O–H groups in total. The summed E-state index contributed by atoms with van der Waals surface area (Å²) < 4.78 is 5.10. The van der Waals surface area contributed by atoms with E-state index in [2.05, 4.69) is 10.6 Å². The van der Waals surface area contributed by atoms with Crippen molar-refractivity contribution in [3.8, 4) is 0 Å². The number of fused-ring (bicyclic) bond motifs is 1. The summed E-state index contributed by atoms with van der Waals surface area (Å²) in [6.45, 7) is 4.71. The number of anilines is 4. The number of likely N-dealkylation sites (N-methyl/N-ethyl adjacent to an activating group) is 1. The van der Waals surface area contributed by atoms with E-state index in [1.54, 1.807) is 42.2 Å². The summed E-state index contributed by atoms with van der Waals surface area (Å²) in [5.41, 5.74) is 11.5. The van der Waals surface area contributed by atoms with Crippen LogP contribution in [0, 0.1) is 0 Å². The fraction of sp³-hybridized carbons (Fsp3) is 0.233. The van der Waals surface area contributed by atoms with Crippen LogP contribution in [0.1, 0.15) is 35.3 Å². The summed E-state index contributed by atoms with van der Waals surface area (Å²) >= 11 is 0. The second-order valence-corrected chi connectivity index (χ2v) is 9.42. The Morgan fingerprint density at radius 1 is 0.974 bits per heavy atom. The van der Waals surface area contributed by atoms with Crippen molar-refractivity contribution in [1.29, 1.82) is 0 Å². The quantitative estimate of drug-likeness (QED) is 0.216. The minimum absolute atomic E-state index is 0.0993. The number of rotatable bonds is 9. The second kappa shape index (κ2) is 11.8. The maximum Gasteiger partial charge on any atom is 0.338 e. The van der Waals surface area contributed by atoms with Crippen molar-refractivity contribution in [3.63, 3.8) is 0 Å². The lowest BCUT2D eigenvalue weighted by molar-refractivity contribution is -0.116. The summed E-state index contributed by atoms with van der Waals surface area (Å²) in [6.07, 6.45) is 0. The summed E-state index contributed by atoms with van der Waals surface area (Å²) in [7, 11) is 3.89. The third-order valence-electron chi connectivity index (χ3n) is 6.33. The first-order valence-electron chi connectivity index (χ1n) is 12.7. The molecule has 0 radical (unpaired) electrons. The molecule has 1 aliphatic heterocycles. The highest BCUT2D eigenvalue weighted by Gasteiger charge is 2.29. The second-order valence-electron chi connectivity index (χ2n) is 9.42. The minimum atomic E-state index is -0.450. The molecule has 0 fully saturated rings. The molecule has 0 atom stereocenters. The Kier molecular flexibility index (Phi) is 8.31. The van der Waals surface area contributed by atoms with Crippen LogP contribution >= 0.6 is 0 Å². The minimum Gasteiger partial charge on any atom is -0.462 e. The Bertz CT molecular complexity index is 1430. The van der Waals surface area contributed by atoms with Gasteiger partial charge in [0.05, 0.1) is 40.5 Å². The Morgan fingerprint density at radius 2 is 1.72 bits per heavy atom. The van der Waals surface area contributed by atoms with Gasteiger partial charge in [-0.1, -0.05) is 36.4 Å². The van der Waals surface area contributed by atoms with Gasteiger partial charge >= 0.3 is 5.97 Å². The largest absolute Gasteiger partial charge is 0.462 e. The number of carbonyl (C=O) groups is 3. The van der Waals surface area contributed by atoms with Gasteiger partial charge < -0.3 is 30.9 Å². The van der Waals surface area contributed by atoms with Gasteiger partial charge in [0.1, 0.15) is 0 Å². The van der Waals surface area contributed by atoms with E-state index in [9.17, 15) is 14.4 Å². The van der Waals surface area contributed by atoms with Gasteiger partial charge in [0.15, 0.2) is 0 Å². The number of hydrogen-bond donors (Lipinski definition) is 3. The van der Waals surface area contributed by atoms with Crippen molar-refractivity contribution < 1.29 is 19.1 Å². The molecule has 1 heterocycles. The number of benzene rings is 3. The average molecular weight is 528 g/mol. The molecule has 202 valence electrons.